The van der Waals surface area contributed by atoms with Crippen molar-refractivity contribution < 1.29 is 9.59 Å². The van der Waals surface area contributed by atoms with Gasteiger partial charge in [-0.15, -0.1) is 11.8 Å². The molecule has 0 radical (unpaired) electrons. The number of benzene rings is 3. The van der Waals surface area contributed by atoms with Crippen LogP contribution >= 0.6 is 46.6 Å². The van der Waals surface area contributed by atoms with Crippen LogP contribution in [0.5, 0.6) is 0 Å². The van der Waals surface area contributed by atoms with Crippen LogP contribution in [0.25, 0.3) is 0 Å². The van der Waals surface area contributed by atoms with Crippen LogP contribution in [0.4, 0.5) is 0 Å². The Balaban J connectivity index is 1.90. The number of rotatable bonds is 10. The highest BCUT2D eigenvalue weighted by Gasteiger charge is 2.30. The summed E-state index contributed by atoms with van der Waals surface area (Å²) in [7, 11) is 0. The predicted octanol–water partition coefficient (Wildman–Crippen LogP) is 6.52. The van der Waals surface area contributed by atoms with Crippen LogP contribution in [0.2, 0.25) is 15.1 Å². The third-order valence-electron chi connectivity index (χ3n) is 5.13. The molecule has 0 bridgehead atoms. The van der Waals surface area contributed by atoms with Gasteiger partial charge in [-0.25, -0.2) is 0 Å². The minimum atomic E-state index is -0.685. The summed E-state index contributed by atoms with van der Waals surface area (Å²) in [6.07, 6.45) is 0.394. The fourth-order valence-corrected chi connectivity index (χ4v) is 4.67. The van der Waals surface area contributed by atoms with E-state index in [4.69, 9.17) is 34.8 Å². The zero-order valence-corrected chi connectivity index (χ0v) is 21.7. The molecule has 4 nitrogen and oxygen atoms in total. The number of likely N-dealkylation sites (N-methyl/N-ethyl adjacent to an activating group) is 1. The summed E-state index contributed by atoms with van der Waals surface area (Å²) in [5, 5.41) is 4.36. The fourth-order valence-electron chi connectivity index (χ4n) is 3.44. The van der Waals surface area contributed by atoms with Gasteiger partial charge in [0.1, 0.15) is 6.04 Å². The lowest BCUT2D eigenvalue weighted by atomic mass is 10.0. The van der Waals surface area contributed by atoms with E-state index in [-0.39, 0.29) is 24.1 Å². The van der Waals surface area contributed by atoms with E-state index in [0.717, 1.165) is 16.0 Å². The van der Waals surface area contributed by atoms with Gasteiger partial charge in [0.15, 0.2) is 0 Å². The van der Waals surface area contributed by atoms with Gasteiger partial charge in [0.25, 0.3) is 0 Å². The molecule has 8 heteroatoms. The van der Waals surface area contributed by atoms with Crippen LogP contribution in [0.3, 0.4) is 0 Å². The lowest BCUT2D eigenvalue weighted by Crippen LogP contribution is -2.51. The van der Waals surface area contributed by atoms with Gasteiger partial charge in [-0.05, 0) is 54.4 Å². The molecule has 0 aliphatic rings. The van der Waals surface area contributed by atoms with Crippen molar-refractivity contribution in [1.82, 2.24) is 10.2 Å². The monoisotopic (exact) mass is 534 g/mol. The molecule has 1 N–H and O–H groups in total. The Kier molecular flexibility index (Phi) is 10.1. The summed E-state index contributed by atoms with van der Waals surface area (Å²) in [5.41, 5.74) is 1.76. The molecule has 0 heterocycles. The standard InChI is InChI=1S/C26H25Cl3N2O2S/c1-2-30-26(33)24(15-18-6-4-3-5-7-18)31(16-19-8-13-22(28)23(29)14-19)25(32)17-34-21-11-9-20(27)10-12-21/h3-14,24H,2,15-17H2,1H3,(H,30,33). The first kappa shape index (κ1) is 26.4. The molecule has 3 aromatic carbocycles. The van der Waals surface area contributed by atoms with E-state index in [0.29, 0.717) is 28.0 Å². The molecule has 1 atom stereocenters. The van der Waals surface area contributed by atoms with E-state index in [1.807, 2.05) is 55.5 Å². The van der Waals surface area contributed by atoms with E-state index >= 15 is 0 Å². The molecule has 0 saturated heterocycles. The Morgan fingerprint density at radius 1 is 0.912 bits per heavy atom. The highest BCUT2D eigenvalue weighted by molar-refractivity contribution is 8.00. The molecule has 3 rings (SSSR count). The molecule has 34 heavy (non-hydrogen) atoms. The van der Waals surface area contributed by atoms with Gasteiger partial charge in [-0.3, -0.25) is 9.59 Å². The van der Waals surface area contributed by atoms with Gasteiger partial charge in [0.05, 0.1) is 15.8 Å². The quantitative estimate of drug-likeness (QED) is 0.301. The van der Waals surface area contributed by atoms with Crippen molar-refractivity contribution in [3.63, 3.8) is 0 Å². The maximum absolute atomic E-state index is 13.5. The number of halogens is 3. The zero-order valence-electron chi connectivity index (χ0n) is 18.6. The summed E-state index contributed by atoms with van der Waals surface area (Å²) in [6, 6.07) is 21.5. The normalized spacial score (nSPS) is 11.6. The second-order valence-corrected chi connectivity index (χ2v) is 9.91. The van der Waals surface area contributed by atoms with Crippen molar-refractivity contribution in [1.29, 1.82) is 0 Å². The van der Waals surface area contributed by atoms with Gasteiger partial charge in [-0.1, -0.05) is 71.2 Å². The van der Waals surface area contributed by atoms with Gasteiger partial charge in [-0.2, -0.15) is 0 Å². The number of carbonyl (C=O) groups excluding carboxylic acids is 2. The SMILES string of the molecule is CCNC(=O)C(Cc1ccccc1)N(Cc1ccc(Cl)c(Cl)c1)C(=O)CSc1ccc(Cl)cc1. The van der Waals surface area contributed by atoms with Gasteiger partial charge in [0, 0.05) is 29.4 Å². The Hall–Kier alpha value is -2.18. The third-order valence-corrected chi connectivity index (χ3v) is 7.12. The lowest BCUT2D eigenvalue weighted by Gasteiger charge is -2.31. The average molecular weight is 536 g/mol. The van der Waals surface area contributed by atoms with Crippen LogP contribution in [-0.4, -0.2) is 35.1 Å². The Labute approximate surface area is 219 Å². The van der Waals surface area contributed by atoms with Gasteiger partial charge >= 0.3 is 0 Å². The second kappa shape index (κ2) is 13.1. The van der Waals surface area contributed by atoms with Crippen molar-refractivity contribution in [2.45, 2.75) is 30.8 Å². The van der Waals surface area contributed by atoms with Gasteiger partial charge < -0.3 is 10.2 Å². The molecule has 2 amide bonds. The van der Waals surface area contributed by atoms with Gasteiger partial charge in [0.2, 0.25) is 11.8 Å². The molecule has 178 valence electrons. The number of hydrogen-bond donors (Lipinski definition) is 1. The first-order chi connectivity index (χ1) is 16.4. The molecule has 0 fully saturated rings. The summed E-state index contributed by atoms with van der Waals surface area (Å²) < 4.78 is 0. The molecule has 0 saturated carbocycles. The number of nitrogens with one attached hydrogen (secondary N) is 1. The van der Waals surface area contributed by atoms with E-state index in [2.05, 4.69) is 5.32 Å². The topological polar surface area (TPSA) is 49.4 Å². The molecule has 0 aromatic heterocycles. The maximum Gasteiger partial charge on any atom is 0.243 e. The van der Waals surface area contributed by atoms with Crippen LogP contribution in [-0.2, 0) is 22.6 Å². The van der Waals surface area contributed by atoms with E-state index in [1.165, 1.54) is 11.8 Å². The third kappa shape index (κ3) is 7.67. The minimum Gasteiger partial charge on any atom is -0.355 e. The first-order valence-electron chi connectivity index (χ1n) is 10.8. The molecular weight excluding hydrogens is 511 g/mol. The second-order valence-electron chi connectivity index (χ2n) is 7.61. The number of nitrogens with zero attached hydrogens (tertiary/aromatic N) is 1. The Morgan fingerprint density at radius 2 is 1.62 bits per heavy atom. The molecule has 0 spiro atoms. The highest BCUT2D eigenvalue weighted by Crippen LogP contribution is 2.26. The zero-order chi connectivity index (χ0) is 24.5. The van der Waals surface area contributed by atoms with Crippen molar-refractivity contribution in [2.75, 3.05) is 12.3 Å². The predicted molar refractivity (Wildman–Crippen MR) is 142 cm³/mol. The molecule has 1 unspecified atom stereocenters. The van der Waals surface area contributed by atoms with E-state index in [1.54, 1.807) is 29.2 Å². The lowest BCUT2D eigenvalue weighted by molar-refractivity contribution is -0.139. The Morgan fingerprint density at radius 3 is 2.26 bits per heavy atom. The van der Waals surface area contributed by atoms with Crippen molar-refractivity contribution in [3.05, 3.63) is 99.0 Å². The number of carbonyl (C=O) groups is 2. The highest BCUT2D eigenvalue weighted by atomic mass is 35.5. The smallest absolute Gasteiger partial charge is 0.243 e. The van der Waals surface area contributed by atoms with Crippen LogP contribution in [0.1, 0.15) is 18.1 Å². The van der Waals surface area contributed by atoms with Crippen LogP contribution in [0.15, 0.2) is 77.7 Å². The summed E-state index contributed by atoms with van der Waals surface area (Å²) >= 11 is 19.7. The summed E-state index contributed by atoms with van der Waals surface area (Å²) in [5.74, 6) is -0.178. The molecule has 0 aliphatic carbocycles. The summed E-state index contributed by atoms with van der Waals surface area (Å²) in [4.78, 5) is 29.2. The van der Waals surface area contributed by atoms with Crippen molar-refractivity contribution in [3.8, 4) is 0 Å². The maximum atomic E-state index is 13.5. The van der Waals surface area contributed by atoms with Crippen molar-refractivity contribution in [2.24, 2.45) is 0 Å². The minimum absolute atomic E-state index is 0.154. The van der Waals surface area contributed by atoms with E-state index < -0.39 is 6.04 Å². The molecule has 0 aliphatic heterocycles. The number of amides is 2. The molecule has 3 aromatic rings. The summed E-state index contributed by atoms with van der Waals surface area (Å²) in [6.45, 7) is 2.56. The first-order valence-corrected chi connectivity index (χ1v) is 12.9. The average Bonchev–Trinajstić information content (AvgIpc) is 2.83. The van der Waals surface area contributed by atoms with Crippen molar-refractivity contribution >= 4 is 58.4 Å². The number of thioether (sulfide) groups is 1. The fraction of sp³-hybridized carbons (Fsp3) is 0.231. The van der Waals surface area contributed by atoms with Crippen LogP contribution in [0, 0.1) is 0 Å². The van der Waals surface area contributed by atoms with E-state index in [9.17, 15) is 9.59 Å². The Bertz CT molecular complexity index is 1110. The molecular formula is C26H25Cl3N2O2S. The largest absolute Gasteiger partial charge is 0.355 e. The number of hydrogen-bond acceptors (Lipinski definition) is 3. The van der Waals surface area contributed by atoms with Crippen LogP contribution < -0.4 is 5.32 Å².